The van der Waals surface area contributed by atoms with Crippen molar-refractivity contribution in [2.24, 2.45) is 0 Å². The fraction of sp³-hybridized carbons (Fsp3) is 0.304. The zero-order chi connectivity index (χ0) is 25.4. The molecule has 1 unspecified atom stereocenters. The molecule has 184 valence electrons. The first-order chi connectivity index (χ1) is 16.6. The van der Waals surface area contributed by atoms with Crippen molar-refractivity contribution in [3.05, 3.63) is 71.6 Å². The van der Waals surface area contributed by atoms with Crippen LogP contribution in [0.1, 0.15) is 42.0 Å². The molecule has 1 aromatic carbocycles. The second kappa shape index (κ2) is 9.10. The van der Waals surface area contributed by atoms with Crippen molar-refractivity contribution in [1.29, 1.82) is 0 Å². The Hall–Kier alpha value is -3.80. The molecule has 1 atom stereocenters. The van der Waals surface area contributed by atoms with E-state index < -0.39 is 35.7 Å². The van der Waals surface area contributed by atoms with E-state index in [4.69, 9.17) is 4.74 Å². The summed E-state index contributed by atoms with van der Waals surface area (Å²) in [5.74, 6) is -1.08. The molecule has 3 aromatic heterocycles. The zero-order valence-electron chi connectivity index (χ0n) is 18.8. The predicted octanol–water partition coefficient (Wildman–Crippen LogP) is 4.12. The molecule has 0 bridgehead atoms. The van der Waals surface area contributed by atoms with Crippen LogP contribution >= 0.6 is 0 Å². The summed E-state index contributed by atoms with van der Waals surface area (Å²) in [7, 11) is 0. The second-order valence-corrected chi connectivity index (χ2v) is 7.81. The highest BCUT2D eigenvalue weighted by molar-refractivity contribution is 5.95. The number of hydrogen-bond acceptors (Lipinski definition) is 6. The number of carbonyl (C=O) groups excluding carboxylic acids is 1. The number of pyridine rings is 1. The van der Waals surface area contributed by atoms with E-state index in [1.165, 1.54) is 35.9 Å². The van der Waals surface area contributed by atoms with Crippen LogP contribution in [0.5, 0.6) is 0 Å². The first kappa shape index (κ1) is 24.3. The van der Waals surface area contributed by atoms with Gasteiger partial charge in [-0.2, -0.15) is 13.2 Å². The number of fused-ring (bicyclic) bond motifs is 1. The molecule has 8 nitrogen and oxygen atoms in total. The third-order valence-electron chi connectivity index (χ3n) is 5.56. The summed E-state index contributed by atoms with van der Waals surface area (Å²) in [6.45, 7) is 3.04. The number of aliphatic hydroxyl groups is 1. The number of nitrogens with zero attached hydrogens (tertiary/aromatic N) is 5. The summed E-state index contributed by atoms with van der Waals surface area (Å²) < 4.78 is 61.3. The topological polar surface area (TPSA) is 94.5 Å². The molecule has 35 heavy (non-hydrogen) atoms. The molecule has 0 aliphatic rings. The van der Waals surface area contributed by atoms with E-state index in [0.717, 1.165) is 6.20 Å². The average Bonchev–Trinajstić information content (AvgIpc) is 3.43. The molecular weight excluding hydrogens is 470 g/mol. The lowest BCUT2D eigenvalue weighted by Crippen LogP contribution is -2.42. The van der Waals surface area contributed by atoms with Gasteiger partial charge in [0.25, 0.3) is 0 Å². The Morgan fingerprint density at radius 2 is 1.86 bits per heavy atom. The molecule has 0 spiro atoms. The smallest absolute Gasteiger partial charge is 0.423 e. The van der Waals surface area contributed by atoms with Gasteiger partial charge >= 0.3 is 12.1 Å². The first-order valence-corrected chi connectivity index (χ1v) is 10.7. The van der Waals surface area contributed by atoms with Gasteiger partial charge in [-0.3, -0.25) is 4.40 Å². The summed E-state index contributed by atoms with van der Waals surface area (Å²) >= 11 is 0. The maximum absolute atomic E-state index is 13.4. The maximum Gasteiger partial charge on any atom is 0.423 e. The standard InChI is InChI=1S/C23H21F4N5O3/c1-3-22(34,23(25,26)27)17-13-31(30-29-17)12-14-9-10-32-18(11-14)28-19(21(33)35-4-2)20(32)15-5-7-16(24)8-6-15/h5-11,13,34H,3-4,12H2,1-2H3. The number of benzene rings is 1. The van der Waals surface area contributed by atoms with Crippen LogP contribution < -0.4 is 0 Å². The van der Waals surface area contributed by atoms with Crippen molar-refractivity contribution >= 4 is 11.6 Å². The minimum absolute atomic E-state index is 0.0363. The van der Waals surface area contributed by atoms with E-state index in [1.54, 1.807) is 29.7 Å². The van der Waals surface area contributed by atoms with E-state index >= 15 is 0 Å². The summed E-state index contributed by atoms with van der Waals surface area (Å²) in [6, 6.07) is 8.86. The van der Waals surface area contributed by atoms with Crippen LogP contribution in [0.2, 0.25) is 0 Å². The van der Waals surface area contributed by atoms with Crippen LogP contribution in [-0.2, 0) is 16.9 Å². The van der Waals surface area contributed by atoms with Crippen molar-refractivity contribution < 1.29 is 32.2 Å². The molecule has 4 aromatic rings. The lowest BCUT2D eigenvalue weighted by atomic mass is 9.96. The second-order valence-electron chi connectivity index (χ2n) is 7.81. The first-order valence-electron chi connectivity index (χ1n) is 10.7. The Bertz CT molecular complexity index is 1360. The predicted molar refractivity (Wildman–Crippen MR) is 116 cm³/mol. The largest absolute Gasteiger partial charge is 0.461 e. The van der Waals surface area contributed by atoms with Crippen molar-refractivity contribution in [3.63, 3.8) is 0 Å². The van der Waals surface area contributed by atoms with Crippen molar-refractivity contribution in [2.45, 2.75) is 38.6 Å². The molecule has 1 N–H and O–H groups in total. The number of halogens is 4. The molecule has 0 fully saturated rings. The van der Waals surface area contributed by atoms with Gasteiger partial charge in [-0.15, -0.1) is 5.10 Å². The Labute approximate surface area is 196 Å². The molecule has 0 radical (unpaired) electrons. The van der Waals surface area contributed by atoms with Gasteiger partial charge in [0.2, 0.25) is 5.60 Å². The number of hydrogen-bond donors (Lipinski definition) is 1. The van der Waals surface area contributed by atoms with Gasteiger partial charge in [-0.25, -0.2) is 18.9 Å². The molecular formula is C23H21F4N5O3. The molecule has 4 rings (SSSR count). The summed E-state index contributed by atoms with van der Waals surface area (Å²) in [5, 5.41) is 17.3. The third kappa shape index (κ3) is 4.48. The van der Waals surface area contributed by atoms with E-state index in [0.29, 0.717) is 22.5 Å². The van der Waals surface area contributed by atoms with E-state index in [1.807, 2.05) is 0 Å². The number of alkyl halides is 3. The monoisotopic (exact) mass is 491 g/mol. The van der Waals surface area contributed by atoms with Gasteiger partial charge < -0.3 is 9.84 Å². The fourth-order valence-electron chi connectivity index (χ4n) is 3.69. The van der Waals surface area contributed by atoms with Gasteiger partial charge in [-0.1, -0.05) is 12.1 Å². The Kier molecular flexibility index (Phi) is 6.32. The van der Waals surface area contributed by atoms with Gasteiger partial charge in [0.15, 0.2) is 5.69 Å². The quantitative estimate of drug-likeness (QED) is 0.309. The normalized spacial score (nSPS) is 13.7. The van der Waals surface area contributed by atoms with Crippen LogP contribution in [0.3, 0.4) is 0 Å². The molecule has 0 saturated heterocycles. The summed E-state index contributed by atoms with van der Waals surface area (Å²) in [4.78, 5) is 16.9. The fourth-order valence-corrected chi connectivity index (χ4v) is 3.69. The number of aromatic nitrogens is 5. The minimum atomic E-state index is -4.91. The number of esters is 1. The van der Waals surface area contributed by atoms with E-state index in [9.17, 15) is 27.5 Å². The van der Waals surface area contributed by atoms with Gasteiger partial charge in [0.05, 0.1) is 25.0 Å². The van der Waals surface area contributed by atoms with Crippen LogP contribution in [0.15, 0.2) is 48.8 Å². The van der Waals surface area contributed by atoms with Crippen LogP contribution in [0.25, 0.3) is 16.9 Å². The lowest BCUT2D eigenvalue weighted by molar-refractivity contribution is -0.269. The number of ether oxygens (including phenoxy) is 1. The average molecular weight is 491 g/mol. The SMILES string of the molecule is CCOC(=O)c1nc2cc(Cn3cc(C(O)(CC)C(F)(F)F)nn3)ccn2c1-c1ccc(F)cc1. The minimum Gasteiger partial charge on any atom is -0.461 e. The van der Waals surface area contributed by atoms with Crippen LogP contribution in [0, 0.1) is 5.82 Å². The van der Waals surface area contributed by atoms with Gasteiger partial charge in [0, 0.05) is 11.8 Å². The number of rotatable bonds is 7. The van der Waals surface area contributed by atoms with E-state index in [-0.39, 0.29) is 18.8 Å². The molecule has 0 saturated carbocycles. The highest BCUT2D eigenvalue weighted by atomic mass is 19.4. The molecule has 3 heterocycles. The number of imidazole rings is 1. The Morgan fingerprint density at radius 3 is 2.49 bits per heavy atom. The molecule has 12 heteroatoms. The van der Waals surface area contributed by atoms with Gasteiger partial charge in [0.1, 0.15) is 17.2 Å². The Morgan fingerprint density at radius 1 is 1.14 bits per heavy atom. The highest BCUT2D eigenvalue weighted by Gasteiger charge is 2.55. The molecule has 0 aliphatic carbocycles. The summed E-state index contributed by atoms with van der Waals surface area (Å²) in [6.07, 6.45) is -2.84. The number of carbonyl (C=O) groups is 1. The van der Waals surface area contributed by atoms with Crippen LogP contribution in [0.4, 0.5) is 17.6 Å². The van der Waals surface area contributed by atoms with Crippen LogP contribution in [-0.4, -0.2) is 48.2 Å². The van der Waals surface area contributed by atoms with E-state index in [2.05, 4.69) is 15.3 Å². The zero-order valence-corrected chi connectivity index (χ0v) is 18.8. The maximum atomic E-state index is 13.4. The Balaban J connectivity index is 1.71. The third-order valence-corrected chi connectivity index (χ3v) is 5.56. The van der Waals surface area contributed by atoms with Crippen molar-refractivity contribution in [1.82, 2.24) is 24.4 Å². The van der Waals surface area contributed by atoms with Crippen molar-refractivity contribution in [2.75, 3.05) is 6.61 Å². The summed E-state index contributed by atoms with van der Waals surface area (Å²) in [5.41, 5.74) is -1.74. The highest BCUT2D eigenvalue weighted by Crippen LogP contribution is 2.40. The molecule has 0 amide bonds. The molecule has 0 aliphatic heterocycles. The van der Waals surface area contributed by atoms with Crippen molar-refractivity contribution in [3.8, 4) is 11.3 Å². The lowest BCUT2D eigenvalue weighted by Gasteiger charge is -2.26. The van der Waals surface area contributed by atoms with Gasteiger partial charge in [-0.05, 0) is 55.3 Å².